The van der Waals surface area contributed by atoms with Crippen LogP contribution in [0, 0.1) is 0 Å². The SMILES string of the molecule is CCCCCCOc1ccc(N=Nc2ccc(N=Nc3ccc(N(CC)CC)cc3)cc2)cc1. The number of nitrogens with zero attached hydrogens (tertiary/aromatic N) is 5. The highest BCUT2D eigenvalue weighted by molar-refractivity contribution is 5.53. The van der Waals surface area contributed by atoms with Crippen molar-refractivity contribution in [1.29, 1.82) is 0 Å². The lowest BCUT2D eigenvalue weighted by molar-refractivity contribution is 0.305. The normalized spacial score (nSPS) is 11.4. The minimum atomic E-state index is 0.756. The summed E-state index contributed by atoms with van der Waals surface area (Å²) in [6.45, 7) is 9.25. The number of unbranched alkanes of at least 4 members (excludes halogenated alkanes) is 3. The van der Waals surface area contributed by atoms with E-state index in [1.54, 1.807) is 0 Å². The Morgan fingerprint density at radius 3 is 1.44 bits per heavy atom. The maximum absolute atomic E-state index is 5.77. The molecular weight excluding hydrogens is 422 g/mol. The van der Waals surface area contributed by atoms with Crippen LogP contribution in [0.3, 0.4) is 0 Å². The molecule has 3 aromatic rings. The Balaban J connectivity index is 1.50. The van der Waals surface area contributed by atoms with Crippen LogP contribution in [-0.2, 0) is 0 Å². The first-order valence-electron chi connectivity index (χ1n) is 12.2. The van der Waals surface area contributed by atoms with Crippen molar-refractivity contribution in [2.24, 2.45) is 20.5 Å². The zero-order chi connectivity index (χ0) is 24.0. The summed E-state index contributed by atoms with van der Waals surface area (Å²) in [7, 11) is 0. The van der Waals surface area contributed by atoms with Crippen LogP contribution < -0.4 is 9.64 Å². The van der Waals surface area contributed by atoms with E-state index in [9.17, 15) is 0 Å². The van der Waals surface area contributed by atoms with Crippen molar-refractivity contribution in [1.82, 2.24) is 0 Å². The molecule has 0 N–H and O–H groups in total. The summed E-state index contributed by atoms with van der Waals surface area (Å²) in [5.74, 6) is 0.868. The molecule has 3 rings (SSSR count). The number of hydrogen-bond acceptors (Lipinski definition) is 6. The van der Waals surface area contributed by atoms with Gasteiger partial charge in [-0.3, -0.25) is 0 Å². The molecule has 0 aromatic heterocycles. The number of rotatable bonds is 13. The quantitative estimate of drug-likeness (QED) is 0.189. The second kappa shape index (κ2) is 13.9. The molecule has 6 nitrogen and oxygen atoms in total. The van der Waals surface area contributed by atoms with Crippen LogP contribution in [0.15, 0.2) is 93.3 Å². The number of benzene rings is 3. The van der Waals surface area contributed by atoms with E-state index in [0.717, 1.165) is 54.6 Å². The number of azo groups is 2. The molecule has 0 aliphatic carbocycles. The smallest absolute Gasteiger partial charge is 0.119 e. The molecule has 0 heterocycles. The van der Waals surface area contributed by atoms with Gasteiger partial charge in [-0.1, -0.05) is 26.2 Å². The zero-order valence-corrected chi connectivity index (χ0v) is 20.5. The van der Waals surface area contributed by atoms with Gasteiger partial charge in [0.05, 0.1) is 29.4 Å². The van der Waals surface area contributed by atoms with Crippen molar-refractivity contribution in [3.63, 3.8) is 0 Å². The van der Waals surface area contributed by atoms with E-state index in [1.807, 2.05) is 60.7 Å². The molecule has 0 saturated heterocycles. The van der Waals surface area contributed by atoms with E-state index in [2.05, 4.69) is 58.3 Å². The molecule has 34 heavy (non-hydrogen) atoms. The minimum Gasteiger partial charge on any atom is -0.494 e. The average molecular weight is 458 g/mol. The van der Waals surface area contributed by atoms with Crippen LogP contribution in [0.25, 0.3) is 0 Å². The van der Waals surface area contributed by atoms with Gasteiger partial charge in [-0.2, -0.15) is 20.5 Å². The second-order valence-corrected chi connectivity index (χ2v) is 8.01. The van der Waals surface area contributed by atoms with Gasteiger partial charge < -0.3 is 9.64 Å². The molecule has 0 aliphatic heterocycles. The third-order valence-corrected chi connectivity index (χ3v) is 5.49. The van der Waals surface area contributed by atoms with E-state index in [1.165, 1.54) is 24.9 Å². The first-order chi connectivity index (χ1) is 16.7. The van der Waals surface area contributed by atoms with Crippen LogP contribution >= 0.6 is 0 Å². The largest absolute Gasteiger partial charge is 0.494 e. The molecular formula is C28H35N5O. The fraction of sp³-hybridized carbons (Fsp3) is 0.357. The molecule has 0 atom stereocenters. The molecule has 0 radical (unpaired) electrons. The van der Waals surface area contributed by atoms with Crippen molar-refractivity contribution in [3.05, 3.63) is 72.8 Å². The molecule has 0 fully saturated rings. The third kappa shape index (κ3) is 8.10. The van der Waals surface area contributed by atoms with Gasteiger partial charge >= 0.3 is 0 Å². The molecule has 0 aliphatic rings. The van der Waals surface area contributed by atoms with Gasteiger partial charge in [0.2, 0.25) is 0 Å². The van der Waals surface area contributed by atoms with Gasteiger partial charge in [0.15, 0.2) is 0 Å². The second-order valence-electron chi connectivity index (χ2n) is 8.01. The molecule has 178 valence electrons. The molecule has 0 bridgehead atoms. The Labute approximate surface area is 203 Å². The highest BCUT2D eigenvalue weighted by atomic mass is 16.5. The Hall–Kier alpha value is -3.54. The van der Waals surface area contributed by atoms with Crippen LogP contribution in [0.1, 0.15) is 46.5 Å². The maximum Gasteiger partial charge on any atom is 0.119 e. The van der Waals surface area contributed by atoms with Crippen LogP contribution in [0.2, 0.25) is 0 Å². The number of hydrogen-bond donors (Lipinski definition) is 0. The van der Waals surface area contributed by atoms with Crippen LogP contribution in [0.5, 0.6) is 5.75 Å². The topological polar surface area (TPSA) is 61.9 Å². The highest BCUT2D eigenvalue weighted by Crippen LogP contribution is 2.25. The Kier molecular flexibility index (Phi) is 10.2. The monoisotopic (exact) mass is 457 g/mol. The summed E-state index contributed by atoms with van der Waals surface area (Å²) in [5, 5.41) is 17.3. The van der Waals surface area contributed by atoms with Gasteiger partial charge in [-0.25, -0.2) is 0 Å². The number of anilines is 1. The predicted molar refractivity (Wildman–Crippen MR) is 141 cm³/mol. The fourth-order valence-corrected chi connectivity index (χ4v) is 3.46. The Morgan fingerprint density at radius 1 is 0.559 bits per heavy atom. The van der Waals surface area contributed by atoms with Crippen molar-refractivity contribution in [3.8, 4) is 5.75 Å². The van der Waals surface area contributed by atoms with Gasteiger partial charge in [-0.15, -0.1) is 0 Å². The summed E-state index contributed by atoms with van der Waals surface area (Å²) in [6, 6.07) is 23.4. The van der Waals surface area contributed by atoms with E-state index < -0.39 is 0 Å². The minimum absolute atomic E-state index is 0.756. The van der Waals surface area contributed by atoms with Crippen LogP contribution in [0.4, 0.5) is 28.4 Å². The summed E-state index contributed by atoms with van der Waals surface area (Å²) < 4.78 is 5.77. The van der Waals surface area contributed by atoms with E-state index in [4.69, 9.17) is 4.74 Å². The molecule has 0 amide bonds. The van der Waals surface area contributed by atoms with Gasteiger partial charge in [-0.05, 0) is 93.1 Å². The highest BCUT2D eigenvalue weighted by Gasteiger charge is 2.01. The lowest BCUT2D eigenvalue weighted by atomic mass is 10.2. The van der Waals surface area contributed by atoms with E-state index in [-0.39, 0.29) is 0 Å². The lowest BCUT2D eigenvalue weighted by Gasteiger charge is -2.20. The molecule has 0 saturated carbocycles. The standard InChI is InChI=1S/C28H35N5O/c1-4-7-8-9-22-34-28-20-16-26(17-21-28)32-30-24-12-10-23(11-13-24)29-31-25-14-18-27(19-15-25)33(5-2)6-3/h10-21H,4-9,22H2,1-3H3. The predicted octanol–water partition coefficient (Wildman–Crippen LogP) is 9.32. The summed E-state index contributed by atoms with van der Waals surface area (Å²) >= 11 is 0. The van der Waals surface area contributed by atoms with E-state index in [0.29, 0.717) is 0 Å². The number of ether oxygens (including phenoxy) is 1. The summed E-state index contributed by atoms with van der Waals surface area (Å²) in [4.78, 5) is 2.30. The van der Waals surface area contributed by atoms with Crippen LogP contribution in [-0.4, -0.2) is 19.7 Å². The summed E-state index contributed by atoms with van der Waals surface area (Å²) in [5.41, 5.74) is 4.34. The average Bonchev–Trinajstić information content (AvgIpc) is 2.89. The van der Waals surface area contributed by atoms with Crippen molar-refractivity contribution in [2.45, 2.75) is 46.5 Å². The maximum atomic E-state index is 5.77. The molecule has 3 aromatic carbocycles. The molecule has 0 spiro atoms. The fourth-order valence-electron chi connectivity index (χ4n) is 3.46. The van der Waals surface area contributed by atoms with Crippen molar-refractivity contribution < 1.29 is 4.74 Å². The molecule has 0 unspecified atom stereocenters. The Bertz CT molecular complexity index is 1020. The molecule has 6 heteroatoms. The summed E-state index contributed by atoms with van der Waals surface area (Å²) in [6.07, 6.45) is 4.80. The third-order valence-electron chi connectivity index (χ3n) is 5.49. The van der Waals surface area contributed by atoms with Gasteiger partial charge in [0, 0.05) is 18.8 Å². The van der Waals surface area contributed by atoms with Crippen molar-refractivity contribution in [2.75, 3.05) is 24.6 Å². The first-order valence-corrected chi connectivity index (χ1v) is 12.2. The van der Waals surface area contributed by atoms with E-state index >= 15 is 0 Å². The lowest BCUT2D eigenvalue weighted by Crippen LogP contribution is -2.21. The van der Waals surface area contributed by atoms with Gasteiger partial charge in [0.25, 0.3) is 0 Å². The zero-order valence-electron chi connectivity index (χ0n) is 20.5. The van der Waals surface area contributed by atoms with Crippen molar-refractivity contribution >= 4 is 28.4 Å². The van der Waals surface area contributed by atoms with Gasteiger partial charge in [0.1, 0.15) is 5.75 Å². The Morgan fingerprint density at radius 2 is 1.00 bits per heavy atom. The first kappa shape index (κ1) is 25.1.